The number of aromatic nitrogens is 2. The number of aryl methyl sites for hydroxylation is 2. The van der Waals surface area contributed by atoms with E-state index < -0.39 is 10.0 Å². The monoisotopic (exact) mass is 543 g/mol. The summed E-state index contributed by atoms with van der Waals surface area (Å²) >= 11 is 5.51. The first kappa shape index (κ1) is 27.8. The van der Waals surface area contributed by atoms with Crippen LogP contribution in [0.4, 0.5) is 11.6 Å². The summed E-state index contributed by atoms with van der Waals surface area (Å²) in [4.78, 5) is 13.5. The third-order valence-electron chi connectivity index (χ3n) is 5.02. The van der Waals surface area contributed by atoms with Gasteiger partial charge in [0, 0.05) is 24.0 Å². The van der Waals surface area contributed by atoms with E-state index in [4.69, 9.17) is 26.8 Å². The Morgan fingerprint density at radius 2 is 1.68 bits per heavy atom. The Balaban J connectivity index is 1.77. The van der Waals surface area contributed by atoms with E-state index in [9.17, 15) is 8.42 Å². The van der Waals surface area contributed by atoms with Crippen LogP contribution in [0.1, 0.15) is 17.0 Å². The van der Waals surface area contributed by atoms with Crippen LogP contribution in [0.15, 0.2) is 58.4 Å². The Morgan fingerprint density at radius 1 is 1.00 bits per heavy atom. The number of nitrogens with two attached hydrogens (primary N) is 1. The number of ether oxygens (including phenoxy) is 2. The van der Waals surface area contributed by atoms with E-state index in [-0.39, 0.29) is 10.0 Å². The lowest BCUT2D eigenvalue weighted by Crippen LogP contribution is -2.39. The van der Waals surface area contributed by atoms with Gasteiger partial charge in [0.1, 0.15) is 11.5 Å². The second-order valence-electron chi connectivity index (χ2n) is 7.91. The number of hydrogen-bond donors (Lipinski definition) is 4. The van der Waals surface area contributed by atoms with Gasteiger partial charge >= 0.3 is 0 Å². The fourth-order valence-corrected chi connectivity index (χ4v) is 4.04. The first-order chi connectivity index (χ1) is 17.6. The molecule has 1 heterocycles. The van der Waals surface area contributed by atoms with Crippen LogP contribution in [0, 0.1) is 13.8 Å². The second-order valence-corrected chi connectivity index (χ2v) is 9.88. The van der Waals surface area contributed by atoms with E-state index in [0.717, 1.165) is 17.0 Å². The quantitative estimate of drug-likeness (QED) is 0.189. The minimum absolute atomic E-state index is 0.0557. The summed E-state index contributed by atoms with van der Waals surface area (Å²) in [6.07, 6.45) is 0.537. The fourth-order valence-electron chi connectivity index (χ4n) is 3.31. The van der Waals surface area contributed by atoms with Crippen molar-refractivity contribution in [3.63, 3.8) is 0 Å². The molecule has 0 spiro atoms. The van der Waals surface area contributed by atoms with Crippen molar-refractivity contribution in [2.45, 2.75) is 25.2 Å². The maximum atomic E-state index is 11.5. The molecular formula is C24H29N7O4S2. The Morgan fingerprint density at radius 3 is 2.27 bits per heavy atom. The lowest BCUT2D eigenvalue weighted by Gasteiger charge is -2.16. The van der Waals surface area contributed by atoms with Gasteiger partial charge in [-0.25, -0.2) is 23.5 Å². The van der Waals surface area contributed by atoms with Crippen molar-refractivity contribution in [3.8, 4) is 11.5 Å². The standard InChI is InChI=1S/C24H29N7O4S2/c1-15-13-16(2)28-23(27-15)30-22(26-12-11-17-5-8-19(9-6-17)37(25,32)33)31-24(36)29-20-14-18(34-3)7-10-21(20)35-4/h5-10,13-14H,11-12H2,1-4H3,(H2,25,32,33)(H3,26,27,28,29,30,31,36). The number of primary sulfonamides is 1. The zero-order valence-electron chi connectivity index (χ0n) is 20.9. The van der Waals surface area contributed by atoms with Crippen molar-refractivity contribution in [2.24, 2.45) is 10.1 Å². The van der Waals surface area contributed by atoms with Gasteiger partial charge in [0.05, 0.1) is 24.8 Å². The molecule has 0 aliphatic heterocycles. The SMILES string of the molecule is COc1ccc(OC)c(NC(=S)NC(=NCCc2ccc(S(N)(=O)=O)cc2)Nc2nc(C)cc(C)n2)c1. The van der Waals surface area contributed by atoms with E-state index >= 15 is 0 Å². The highest BCUT2D eigenvalue weighted by molar-refractivity contribution is 7.89. The van der Waals surface area contributed by atoms with Crippen molar-refractivity contribution >= 4 is 44.9 Å². The smallest absolute Gasteiger partial charge is 0.238 e. The van der Waals surface area contributed by atoms with Crippen LogP contribution in [0.3, 0.4) is 0 Å². The molecule has 0 radical (unpaired) electrons. The molecular weight excluding hydrogens is 514 g/mol. The van der Waals surface area contributed by atoms with Crippen LogP contribution < -0.4 is 30.6 Å². The molecule has 2 aromatic carbocycles. The Labute approximate surface area is 221 Å². The average Bonchev–Trinajstić information content (AvgIpc) is 2.83. The summed E-state index contributed by atoms with van der Waals surface area (Å²) in [6.45, 7) is 4.10. The number of methoxy groups -OCH3 is 2. The number of sulfonamides is 1. The molecule has 0 saturated heterocycles. The lowest BCUT2D eigenvalue weighted by molar-refractivity contribution is 0.405. The maximum absolute atomic E-state index is 11.5. The molecule has 3 rings (SSSR count). The van der Waals surface area contributed by atoms with Crippen LogP contribution in [0.2, 0.25) is 0 Å². The summed E-state index contributed by atoms with van der Waals surface area (Å²) in [5.74, 6) is 1.90. The Bertz CT molecular complexity index is 1370. The van der Waals surface area contributed by atoms with Gasteiger partial charge in [0.2, 0.25) is 21.9 Å². The fraction of sp³-hybridized carbons (Fsp3) is 0.250. The van der Waals surface area contributed by atoms with E-state index in [2.05, 4.69) is 30.9 Å². The summed E-state index contributed by atoms with van der Waals surface area (Å²) in [6, 6.07) is 13.5. The molecule has 13 heteroatoms. The predicted molar refractivity (Wildman–Crippen MR) is 148 cm³/mol. The number of thiocarbonyl (C=S) groups is 1. The molecule has 0 saturated carbocycles. The number of benzene rings is 2. The molecule has 0 unspecified atom stereocenters. The summed E-state index contributed by atoms with van der Waals surface area (Å²) in [7, 11) is -0.611. The van der Waals surface area contributed by atoms with Gasteiger partial charge in [-0.3, -0.25) is 10.3 Å². The van der Waals surface area contributed by atoms with E-state index in [1.165, 1.54) is 12.1 Å². The number of hydrogen-bond acceptors (Lipinski definition) is 8. The zero-order chi connectivity index (χ0) is 27.0. The average molecular weight is 544 g/mol. The van der Waals surface area contributed by atoms with Crippen LogP contribution in [0.25, 0.3) is 0 Å². The third kappa shape index (κ3) is 8.37. The van der Waals surface area contributed by atoms with Crippen molar-refractivity contribution in [1.29, 1.82) is 0 Å². The van der Waals surface area contributed by atoms with Gasteiger partial charge in [0.25, 0.3) is 0 Å². The molecule has 0 aliphatic carbocycles. The molecule has 0 fully saturated rings. The molecule has 0 bridgehead atoms. The minimum atomic E-state index is -3.74. The number of nitrogens with zero attached hydrogens (tertiary/aromatic N) is 3. The number of nitrogens with one attached hydrogen (secondary N) is 3. The minimum Gasteiger partial charge on any atom is -0.497 e. The molecule has 37 heavy (non-hydrogen) atoms. The highest BCUT2D eigenvalue weighted by Crippen LogP contribution is 2.28. The van der Waals surface area contributed by atoms with Crippen molar-refractivity contribution in [1.82, 2.24) is 15.3 Å². The first-order valence-corrected chi connectivity index (χ1v) is 13.1. The molecule has 5 N–H and O–H groups in total. The van der Waals surface area contributed by atoms with Gasteiger partial charge in [-0.05, 0) is 68.4 Å². The number of aliphatic imine (C=N–C) groups is 1. The summed E-state index contributed by atoms with van der Waals surface area (Å²) < 4.78 is 33.6. The molecule has 0 amide bonds. The summed E-state index contributed by atoms with van der Waals surface area (Å²) in [5.41, 5.74) is 3.09. The van der Waals surface area contributed by atoms with Crippen LogP contribution >= 0.6 is 12.2 Å². The highest BCUT2D eigenvalue weighted by atomic mass is 32.2. The van der Waals surface area contributed by atoms with Gasteiger partial charge in [-0.15, -0.1) is 0 Å². The topological polar surface area (TPSA) is 153 Å². The van der Waals surface area contributed by atoms with Gasteiger partial charge in [0.15, 0.2) is 5.11 Å². The molecule has 11 nitrogen and oxygen atoms in total. The van der Waals surface area contributed by atoms with Crippen LogP contribution in [-0.2, 0) is 16.4 Å². The van der Waals surface area contributed by atoms with Crippen LogP contribution in [0.5, 0.6) is 11.5 Å². The molecule has 3 aromatic rings. The van der Waals surface area contributed by atoms with E-state index in [0.29, 0.717) is 42.1 Å². The second kappa shape index (κ2) is 12.4. The number of guanidine groups is 1. The van der Waals surface area contributed by atoms with Gasteiger partial charge in [-0.1, -0.05) is 12.1 Å². The number of rotatable bonds is 8. The van der Waals surface area contributed by atoms with Crippen molar-refractivity contribution < 1.29 is 17.9 Å². The highest BCUT2D eigenvalue weighted by Gasteiger charge is 2.11. The van der Waals surface area contributed by atoms with E-state index in [1.54, 1.807) is 44.6 Å². The lowest BCUT2D eigenvalue weighted by atomic mass is 10.1. The van der Waals surface area contributed by atoms with E-state index in [1.807, 2.05) is 19.9 Å². The molecule has 0 aliphatic rings. The molecule has 196 valence electrons. The van der Waals surface area contributed by atoms with Crippen molar-refractivity contribution in [3.05, 3.63) is 65.5 Å². The van der Waals surface area contributed by atoms with Crippen LogP contribution in [-0.4, -0.2) is 50.2 Å². The summed E-state index contributed by atoms with van der Waals surface area (Å²) in [5, 5.41) is 14.6. The number of anilines is 2. The van der Waals surface area contributed by atoms with Gasteiger partial charge < -0.3 is 20.1 Å². The predicted octanol–water partition coefficient (Wildman–Crippen LogP) is 2.76. The Kier molecular flexibility index (Phi) is 9.33. The molecule has 0 atom stereocenters. The first-order valence-electron chi connectivity index (χ1n) is 11.1. The normalized spacial score (nSPS) is 11.5. The molecule has 1 aromatic heterocycles. The van der Waals surface area contributed by atoms with Crippen molar-refractivity contribution in [2.75, 3.05) is 31.4 Å². The largest absolute Gasteiger partial charge is 0.497 e. The maximum Gasteiger partial charge on any atom is 0.238 e. The zero-order valence-corrected chi connectivity index (χ0v) is 22.5. The third-order valence-corrected chi connectivity index (χ3v) is 6.15. The Hall–Kier alpha value is -3.81. The van der Waals surface area contributed by atoms with Gasteiger partial charge in [-0.2, -0.15) is 0 Å².